The van der Waals surface area contributed by atoms with E-state index in [-0.39, 0.29) is 6.61 Å². The fourth-order valence-electron chi connectivity index (χ4n) is 2.04. The van der Waals surface area contributed by atoms with Crippen molar-refractivity contribution in [2.75, 3.05) is 6.61 Å². The minimum absolute atomic E-state index is 0.00283. The molecule has 0 fully saturated rings. The first-order valence-corrected chi connectivity index (χ1v) is 6.46. The van der Waals surface area contributed by atoms with Gasteiger partial charge in [0.25, 0.3) is 0 Å². The molecule has 0 saturated heterocycles. The van der Waals surface area contributed by atoms with E-state index in [4.69, 9.17) is 13.6 Å². The van der Waals surface area contributed by atoms with Crippen molar-refractivity contribution in [1.29, 1.82) is 0 Å². The number of hydrogen-bond acceptors (Lipinski definition) is 5. The number of fused-ring (bicyclic) bond motifs is 2. The van der Waals surface area contributed by atoms with Crippen LogP contribution in [-0.4, -0.2) is 17.8 Å². The van der Waals surface area contributed by atoms with Gasteiger partial charge in [-0.2, -0.15) is 0 Å². The molecule has 0 aliphatic rings. The van der Waals surface area contributed by atoms with Crippen LogP contribution in [0.5, 0.6) is 5.75 Å². The molecule has 2 aromatic heterocycles. The van der Waals surface area contributed by atoms with E-state index in [2.05, 4.69) is 6.58 Å². The van der Waals surface area contributed by atoms with Crippen LogP contribution in [0.3, 0.4) is 0 Å². The summed E-state index contributed by atoms with van der Waals surface area (Å²) in [5.41, 5.74) is 0.899. The fraction of sp³-hybridized carbons (Fsp3) is 0.188. The molecule has 5 heteroatoms. The number of ether oxygens (including phenoxy) is 1. The molecule has 1 N–H and O–H groups in total. The first kappa shape index (κ1) is 13.5. The lowest BCUT2D eigenvalue weighted by molar-refractivity contribution is 0.136. The Kier molecular flexibility index (Phi) is 3.27. The van der Waals surface area contributed by atoms with E-state index in [9.17, 15) is 9.90 Å². The average Bonchev–Trinajstić information content (AvgIpc) is 2.91. The van der Waals surface area contributed by atoms with Gasteiger partial charge in [-0.15, -0.1) is 0 Å². The third-order valence-corrected chi connectivity index (χ3v) is 3.24. The summed E-state index contributed by atoms with van der Waals surface area (Å²) in [4.78, 5) is 11.4. The first-order chi connectivity index (χ1) is 10.1. The van der Waals surface area contributed by atoms with Crippen molar-refractivity contribution >= 4 is 21.9 Å². The van der Waals surface area contributed by atoms with Crippen molar-refractivity contribution in [2.45, 2.75) is 13.0 Å². The summed E-state index contributed by atoms with van der Waals surface area (Å²) in [5.74, 6) is 0.311. The molecule has 5 nitrogen and oxygen atoms in total. The van der Waals surface area contributed by atoms with Crippen LogP contribution in [0, 0.1) is 0 Å². The van der Waals surface area contributed by atoms with Crippen molar-refractivity contribution in [2.24, 2.45) is 0 Å². The van der Waals surface area contributed by atoms with E-state index in [0.717, 1.165) is 10.8 Å². The average molecular weight is 286 g/mol. The summed E-state index contributed by atoms with van der Waals surface area (Å²) in [6.45, 7) is 5.38. The third-order valence-electron chi connectivity index (χ3n) is 3.24. The van der Waals surface area contributed by atoms with Crippen molar-refractivity contribution < 1.29 is 18.7 Å². The highest BCUT2D eigenvalue weighted by Crippen LogP contribution is 2.35. The Morgan fingerprint density at radius 3 is 2.86 bits per heavy atom. The molecule has 0 saturated carbocycles. The van der Waals surface area contributed by atoms with Crippen LogP contribution in [-0.2, 0) is 0 Å². The van der Waals surface area contributed by atoms with E-state index >= 15 is 0 Å². The van der Waals surface area contributed by atoms with Gasteiger partial charge < -0.3 is 18.7 Å². The monoisotopic (exact) mass is 286 g/mol. The molecule has 2 heterocycles. The zero-order chi connectivity index (χ0) is 15.0. The van der Waals surface area contributed by atoms with Crippen molar-refractivity contribution in [3.8, 4) is 5.75 Å². The largest absolute Gasteiger partial charge is 0.483 e. The number of furan rings is 1. The highest BCUT2D eigenvalue weighted by molar-refractivity contribution is 5.99. The van der Waals surface area contributed by atoms with Crippen molar-refractivity contribution in [3.05, 3.63) is 53.1 Å². The number of benzene rings is 1. The van der Waals surface area contributed by atoms with E-state index in [0.29, 0.717) is 22.5 Å². The number of aliphatic hydroxyl groups excluding tert-OH is 1. The summed E-state index contributed by atoms with van der Waals surface area (Å²) in [7, 11) is 0. The number of aliphatic hydroxyl groups is 1. The Hall–Kier alpha value is -2.53. The molecule has 0 amide bonds. The lowest BCUT2D eigenvalue weighted by Crippen LogP contribution is -2.18. The van der Waals surface area contributed by atoms with Crippen LogP contribution in [0.4, 0.5) is 0 Å². The first-order valence-electron chi connectivity index (χ1n) is 6.46. The zero-order valence-electron chi connectivity index (χ0n) is 11.5. The third kappa shape index (κ3) is 2.43. The topological polar surface area (TPSA) is 72.8 Å². The van der Waals surface area contributed by atoms with Gasteiger partial charge in [-0.1, -0.05) is 6.58 Å². The minimum atomic E-state index is -0.805. The van der Waals surface area contributed by atoms with Crippen molar-refractivity contribution in [1.82, 2.24) is 0 Å². The molecule has 0 aliphatic carbocycles. The van der Waals surface area contributed by atoms with Gasteiger partial charge in [0.1, 0.15) is 12.7 Å². The van der Waals surface area contributed by atoms with Crippen molar-refractivity contribution in [3.63, 3.8) is 0 Å². The van der Waals surface area contributed by atoms with Crippen LogP contribution in [0.25, 0.3) is 21.9 Å². The van der Waals surface area contributed by atoms with Crippen LogP contribution in [0.1, 0.15) is 6.92 Å². The number of hydrogen-bond donors (Lipinski definition) is 1. The summed E-state index contributed by atoms with van der Waals surface area (Å²) in [6, 6.07) is 6.65. The second-order valence-corrected chi connectivity index (χ2v) is 4.89. The second kappa shape index (κ2) is 5.10. The molecule has 0 spiro atoms. The predicted molar refractivity (Wildman–Crippen MR) is 78.6 cm³/mol. The van der Waals surface area contributed by atoms with Gasteiger partial charge in [0.2, 0.25) is 5.75 Å². The van der Waals surface area contributed by atoms with E-state index in [1.807, 2.05) is 6.07 Å². The molecule has 1 aromatic carbocycles. The fourth-order valence-corrected chi connectivity index (χ4v) is 2.04. The maximum absolute atomic E-state index is 11.4. The van der Waals surface area contributed by atoms with Gasteiger partial charge in [0.15, 0.2) is 11.2 Å². The smallest absolute Gasteiger partial charge is 0.336 e. The van der Waals surface area contributed by atoms with Gasteiger partial charge in [-0.3, -0.25) is 0 Å². The van der Waals surface area contributed by atoms with Crippen LogP contribution in [0.2, 0.25) is 0 Å². The molecular weight excluding hydrogens is 272 g/mol. The molecular formula is C16H14O5. The Bertz CT molecular complexity index is 871. The van der Waals surface area contributed by atoms with Gasteiger partial charge >= 0.3 is 5.63 Å². The molecule has 1 atom stereocenters. The van der Waals surface area contributed by atoms with E-state index < -0.39 is 11.7 Å². The lowest BCUT2D eigenvalue weighted by Gasteiger charge is -2.13. The summed E-state index contributed by atoms with van der Waals surface area (Å²) in [6.07, 6.45) is 0.727. The van der Waals surface area contributed by atoms with Gasteiger partial charge in [0.05, 0.1) is 6.26 Å². The highest BCUT2D eigenvalue weighted by Gasteiger charge is 2.16. The molecule has 1 unspecified atom stereocenters. The maximum Gasteiger partial charge on any atom is 0.336 e. The Balaban J connectivity index is 2.15. The minimum Gasteiger partial charge on any atom is -0.483 e. The van der Waals surface area contributed by atoms with Gasteiger partial charge in [0, 0.05) is 16.8 Å². The standard InChI is InChI=1S/C16H14O5/c1-9(2)12(17)8-20-16-14-11(5-6-19-14)7-10-3-4-13(18)21-15(10)16/h3-7,12,17H,1,8H2,2H3. The normalized spacial score (nSPS) is 12.7. The van der Waals surface area contributed by atoms with Crippen LogP contribution in [0.15, 0.2) is 56.3 Å². The van der Waals surface area contributed by atoms with Gasteiger partial charge in [-0.25, -0.2) is 4.79 Å². The quantitative estimate of drug-likeness (QED) is 0.589. The molecule has 0 bridgehead atoms. The van der Waals surface area contributed by atoms with Crippen LogP contribution < -0.4 is 10.4 Å². The van der Waals surface area contributed by atoms with E-state index in [1.54, 1.807) is 19.1 Å². The van der Waals surface area contributed by atoms with Crippen LogP contribution >= 0.6 is 0 Å². The Morgan fingerprint density at radius 1 is 1.33 bits per heavy atom. The lowest BCUT2D eigenvalue weighted by atomic mass is 10.1. The molecule has 0 radical (unpaired) electrons. The second-order valence-electron chi connectivity index (χ2n) is 4.89. The van der Waals surface area contributed by atoms with E-state index in [1.165, 1.54) is 12.3 Å². The maximum atomic E-state index is 11.4. The summed E-state index contributed by atoms with van der Waals surface area (Å²) in [5, 5.41) is 11.3. The van der Waals surface area contributed by atoms with Gasteiger partial charge in [-0.05, 0) is 30.7 Å². The molecule has 3 rings (SSSR count). The highest BCUT2D eigenvalue weighted by atomic mass is 16.5. The molecule has 0 aliphatic heterocycles. The summed E-state index contributed by atoms with van der Waals surface area (Å²) < 4.78 is 16.2. The molecule has 3 aromatic rings. The Labute approximate surface area is 120 Å². The predicted octanol–water partition coefficient (Wildman–Crippen LogP) is 2.86. The molecule has 21 heavy (non-hydrogen) atoms. The molecule has 108 valence electrons. The Morgan fingerprint density at radius 2 is 2.10 bits per heavy atom. The number of rotatable bonds is 4. The SMILES string of the molecule is C=C(C)C(O)COc1c2occc2cc2ccc(=O)oc12. The summed E-state index contributed by atoms with van der Waals surface area (Å²) >= 11 is 0. The zero-order valence-corrected chi connectivity index (χ0v) is 11.5.